The number of rotatable bonds is 6. The van der Waals surface area contributed by atoms with Crippen LogP contribution in [-0.4, -0.2) is 29.6 Å². The van der Waals surface area contributed by atoms with Crippen molar-refractivity contribution in [2.24, 2.45) is 0 Å². The Morgan fingerprint density at radius 2 is 2.00 bits per heavy atom. The molecule has 0 aliphatic heterocycles. The first-order chi connectivity index (χ1) is 8.08. The van der Waals surface area contributed by atoms with Gasteiger partial charge in [-0.2, -0.15) is 0 Å². The minimum absolute atomic E-state index is 0.321. The van der Waals surface area contributed by atoms with Crippen LogP contribution < -0.4 is 0 Å². The average Bonchev–Trinajstić information content (AvgIpc) is 2.30. The summed E-state index contributed by atoms with van der Waals surface area (Å²) in [7, 11) is 0. The second kappa shape index (κ2) is 6.94. The number of hydrogen-bond acceptors (Lipinski definition) is 2. The van der Waals surface area contributed by atoms with Gasteiger partial charge in [-0.05, 0) is 31.6 Å². The first-order valence-corrected chi connectivity index (χ1v) is 6.31. The molecule has 4 heteroatoms. The highest BCUT2D eigenvalue weighted by atomic mass is 35.5. The molecular formula is C13H19ClFNO. The van der Waals surface area contributed by atoms with Crippen LogP contribution in [0.3, 0.4) is 0 Å². The topological polar surface area (TPSA) is 23.5 Å². The number of hydrogen-bond donors (Lipinski definition) is 1. The summed E-state index contributed by atoms with van der Waals surface area (Å²) in [5.41, 5.74) is 0.321. The molecule has 0 aliphatic rings. The van der Waals surface area contributed by atoms with E-state index in [1.807, 2.05) is 0 Å². The first kappa shape index (κ1) is 14.4. The van der Waals surface area contributed by atoms with E-state index in [-0.39, 0.29) is 0 Å². The summed E-state index contributed by atoms with van der Waals surface area (Å²) < 4.78 is 13.5. The summed E-state index contributed by atoms with van der Waals surface area (Å²) in [4.78, 5) is 2.19. The van der Waals surface area contributed by atoms with Crippen LogP contribution in [-0.2, 0) is 0 Å². The van der Waals surface area contributed by atoms with E-state index in [2.05, 4.69) is 18.7 Å². The molecule has 0 aliphatic carbocycles. The fourth-order valence-electron chi connectivity index (χ4n) is 1.77. The van der Waals surface area contributed by atoms with Crippen LogP contribution in [0.25, 0.3) is 0 Å². The molecule has 0 saturated heterocycles. The minimum Gasteiger partial charge on any atom is -0.388 e. The monoisotopic (exact) mass is 259 g/mol. The lowest BCUT2D eigenvalue weighted by molar-refractivity contribution is 0.141. The van der Waals surface area contributed by atoms with Gasteiger partial charge >= 0.3 is 0 Å². The molecule has 0 saturated carbocycles. The molecule has 1 rings (SSSR count). The zero-order chi connectivity index (χ0) is 12.8. The molecule has 96 valence electrons. The largest absolute Gasteiger partial charge is 0.388 e. The van der Waals surface area contributed by atoms with Gasteiger partial charge in [-0.1, -0.05) is 31.5 Å². The highest BCUT2D eigenvalue weighted by Gasteiger charge is 2.13. The van der Waals surface area contributed by atoms with E-state index in [1.54, 1.807) is 12.1 Å². The molecule has 0 spiro atoms. The number of aliphatic hydroxyl groups excluding tert-OH is 1. The Hall–Kier alpha value is -0.640. The molecule has 1 unspecified atom stereocenters. The Morgan fingerprint density at radius 3 is 2.53 bits per heavy atom. The molecule has 1 atom stereocenters. The van der Waals surface area contributed by atoms with Gasteiger partial charge in [0.1, 0.15) is 5.82 Å². The number of halogens is 2. The second-order valence-electron chi connectivity index (χ2n) is 4.00. The van der Waals surface area contributed by atoms with E-state index in [0.717, 1.165) is 19.6 Å². The van der Waals surface area contributed by atoms with Crippen molar-refractivity contribution in [3.05, 3.63) is 34.6 Å². The molecule has 2 nitrogen and oxygen atoms in total. The maximum Gasteiger partial charge on any atom is 0.130 e. The van der Waals surface area contributed by atoms with E-state index >= 15 is 0 Å². The quantitative estimate of drug-likeness (QED) is 0.848. The zero-order valence-corrected chi connectivity index (χ0v) is 11.0. The lowest BCUT2D eigenvalue weighted by Crippen LogP contribution is -2.25. The van der Waals surface area contributed by atoms with E-state index in [4.69, 9.17) is 11.6 Å². The maximum absolute atomic E-state index is 13.5. The third-order valence-electron chi connectivity index (χ3n) is 2.93. The van der Waals surface area contributed by atoms with Crippen LogP contribution in [0.4, 0.5) is 4.39 Å². The minimum atomic E-state index is -0.770. The van der Waals surface area contributed by atoms with Crippen molar-refractivity contribution in [1.82, 2.24) is 4.90 Å². The fraction of sp³-hybridized carbons (Fsp3) is 0.538. The molecule has 0 fully saturated rings. The van der Waals surface area contributed by atoms with Crippen molar-refractivity contribution in [2.45, 2.75) is 26.4 Å². The lowest BCUT2D eigenvalue weighted by Gasteiger charge is -2.20. The van der Waals surface area contributed by atoms with Gasteiger partial charge in [0, 0.05) is 17.1 Å². The average molecular weight is 260 g/mol. The Bertz CT molecular complexity index is 355. The molecule has 1 aromatic carbocycles. The van der Waals surface area contributed by atoms with Crippen LogP contribution in [0.1, 0.15) is 31.9 Å². The summed E-state index contributed by atoms with van der Waals surface area (Å²) in [5.74, 6) is -0.440. The van der Waals surface area contributed by atoms with Gasteiger partial charge in [-0.3, -0.25) is 0 Å². The second-order valence-corrected chi connectivity index (χ2v) is 4.43. The SMILES string of the molecule is CCN(CC)CCC(O)c1ccc(Cl)cc1F. The zero-order valence-electron chi connectivity index (χ0n) is 10.3. The highest BCUT2D eigenvalue weighted by molar-refractivity contribution is 6.30. The molecule has 0 aromatic heterocycles. The molecule has 1 aromatic rings. The molecular weight excluding hydrogens is 241 g/mol. The molecule has 1 N–H and O–H groups in total. The van der Waals surface area contributed by atoms with Gasteiger partial charge in [0.05, 0.1) is 6.10 Å². The van der Waals surface area contributed by atoms with Crippen LogP contribution in [0.5, 0.6) is 0 Å². The Morgan fingerprint density at radius 1 is 1.35 bits per heavy atom. The van der Waals surface area contributed by atoms with Crippen LogP contribution in [0.15, 0.2) is 18.2 Å². The van der Waals surface area contributed by atoms with Gasteiger partial charge in [0.25, 0.3) is 0 Å². The summed E-state index contributed by atoms with van der Waals surface area (Å²) in [6.45, 7) is 6.77. The summed E-state index contributed by atoms with van der Waals surface area (Å²) >= 11 is 5.66. The maximum atomic E-state index is 13.5. The van der Waals surface area contributed by atoms with Crippen LogP contribution >= 0.6 is 11.6 Å². The standard InChI is InChI=1S/C13H19ClFNO/c1-3-16(4-2)8-7-13(17)11-6-5-10(14)9-12(11)15/h5-6,9,13,17H,3-4,7-8H2,1-2H3. The van der Waals surface area contributed by atoms with E-state index in [1.165, 1.54) is 6.07 Å². The Labute approximate surface area is 107 Å². The Kier molecular flexibility index (Phi) is 5.89. The summed E-state index contributed by atoms with van der Waals surface area (Å²) in [6.07, 6.45) is -0.242. The molecule has 0 amide bonds. The smallest absolute Gasteiger partial charge is 0.130 e. The van der Waals surface area contributed by atoms with Crippen molar-refractivity contribution in [2.75, 3.05) is 19.6 Å². The number of aliphatic hydroxyl groups is 1. The van der Waals surface area contributed by atoms with Crippen molar-refractivity contribution < 1.29 is 9.50 Å². The van der Waals surface area contributed by atoms with Gasteiger partial charge in [0.15, 0.2) is 0 Å². The van der Waals surface area contributed by atoms with Crippen LogP contribution in [0, 0.1) is 5.82 Å². The van der Waals surface area contributed by atoms with E-state index in [9.17, 15) is 9.50 Å². The van der Waals surface area contributed by atoms with Crippen molar-refractivity contribution in [1.29, 1.82) is 0 Å². The van der Waals surface area contributed by atoms with Crippen molar-refractivity contribution in [3.8, 4) is 0 Å². The van der Waals surface area contributed by atoms with Gasteiger partial charge in [0.2, 0.25) is 0 Å². The van der Waals surface area contributed by atoms with E-state index < -0.39 is 11.9 Å². The molecule has 17 heavy (non-hydrogen) atoms. The van der Waals surface area contributed by atoms with Crippen molar-refractivity contribution >= 4 is 11.6 Å². The van der Waals surface area contributed by atoms with E-state index in [0.29, 0.717) is 17.0 Å². The first-order valence-electron chi connectivity index (χ1n) is 5.93. The van der Waals surface area contributed by atoms with Gasteiger partial charge in [-0.15, -0.1) is 0 Å². The normalized spacial score (nSPS) is 13.1. The third-order valence-corrected chi connectivity index (χ3v) is 3.17. The number of benzene rings is 1. The summed E-state index contributed by atoms with van der Waals surface area (Å²) in [5, 5.41) is 10.3. The van der Waals surface area contributed by atoms with Gasteiger partial charge < -0.3 is 10.0 Å². The molecule has 0 heterocycles. The third kappa shape index (κ3) is 4.26. The van der Waals surface area contributed by atoms with Crippen molar-refractivity contribution in [3.63, 3.8) is 0 Å². The molecule has 0 bridgehead atoms. The Balaban J connectivity index is 2.60. The molecule has 0 radical (unpaired) electrons. The highest BCUT2D eigenvalue weighted by Crippen LogP contribution is 2.23. The predicted molar refractivity (Wildman–Crippen MR) is 68.8 cm³/mol. The fourth-order valence-corrected chi connectivity index (χ4v) is 1.93. The lowest BCUT2D eigenvalue weighted by atomic mass is 10.1. The summed E-state index contributed by atoms with van der Waals surface area (Å²) in [6, 6.07) is 4.38. The number of nitrogens with zero attached hydrogens (tertiary/aromatic N) is 1. The van der Waals surface area contributed by atoms with Gasteiger partial charge in [-0.25, -0.2) is 4.39 Å². The van der Waals surface area contributed by atoms with Crippen LogP contribution in [0.2, 0.25) is 5.02 Å². The predicted octanol–water partition coefficient (Wildman–Crippen LogP) is 3.24.